The summed E-state index contributed by atoms with van der Waals surface area (Å²) in [5, 5.41) is 4.14. The largest absolute Gasteiger partial charge is 0.374 e. The molecule has 0 bridgehead atoms. The minimum atomic E-state index is 0.363. The molecule has 0 amide bonds. The number of aromatic nitrogens is 1. The number of fused-ring (bicyclic) bond motifs is 1. The first-order valence-corrected chi connectivity index (χ1v) is 8.40. The van der Waals surface area contributed by atoms with Crippen LogP contribution in [0.5, 0.6) is 0 Å². The highest BCUT2D eigenvalue weighted by molar-refractivity contribution is 6.33. The van der Waals surface area contributed by atoms with E-state index in [0.717, 1.165) is 55.5 Å². The molecule has 2 aliphatic rings. The van der Waals surface area contributed by atoms with Gasteiger partial charge in [-0.3, -0.25) is 0 Å². The smallest absolute Gasteiger partial charge is 0.147 e. The SMILES string of the molecule is CCCNCc1cnc(N2CCOC3CCCC32)c(Cl)c1. The number of halogens is 1. The van der Waals surface area contributed by atoms with Crippen LogP contribution in [0.3, 0.4) is 0 Å². The van der Waals surface area contributed by atoms with Gasteiger partial charge in [0.1, 0.15) is 5.82 Å². The molecule has 5 heteroatoms. The van der Waals surface area contributed by atoms with Crippen molar-refractivity contribution in [3.63, 3.8) is 0 Å². The van der Waals surface area contributed by atoms with E-state index < -0.39 is 0 Å². The highest BCUT2D eigenvalue weighted by Crippen LogP contribution is 2.35. The Morgan fingerprint density at radius 3 is 3.19 bits per heavy atom. The molecular formula is C16H24ClN3O. The van der Waals surface area contributed by atoms with Gasteiger partial charge in [0.25, 0.3) is 0 Å². The maximum absolute atomic E-state index is 6.49. The molecule has 21 heavy (non-hydrogen) atoms. The fraction of sp³-hybridized carbons (Fsp3) is 0.688. The summed E-state index contributed by atoms with van der Waals surface area (Å²) in [6, 6.07) is 2.50. The number of hydrogen-bond donors (Lipinski definition) is 1. The molecular weight excluding hydrogens is 286 g/mol. The van der Waals surface area contributed by atoms with Crippen LogP contribution in [-0.2, 0) is 11.3 Å². The van der Waals surface area contributed by atoms with Crippen LogP contribution in [0.15, 0.2) is 12.3 Å². The molecule has 0 aromatic carbocycles. The average Bonchev–Trinajstić information content (AvgIpc) is 2.96. The number of nitrogens with zero attached hydrogens (tertiary/aromatic N) is 2. The molecule has 2 atom stereocenters. The third kappa shape index (κ3) is 3.33. The fourth-order valence-electron chi connectivity index (χ4n) is 3.38. The van der Waals surface area contributed by atoms with Crippen molar-refractivity contribution in [1.82, 2.24) is 10.3 Å². The van der Waals surface area contributed by atoms with Gasteiger partial charge in [-0.1, -0.05) is 18.5 Å². The zero-order chi connectivity index (χ0) is 14.7. The normalized spacial score (nSPS) is 25.1. The van der Waals surface area contributed by atoms with Crippen molar-refractivity contribution >= 4 is 17.4 Å². The Bertz CT molecular complexity index is 483. The Kier molecular flexibility index (Phi) is 4.99. The highest BCUT2D eigenvalue weighted by Gasteiger charge is 2.37. The van der Waals surface area contributed by atoms with Crippen molar-refractivity contribution in [2.75, 3.05) is 24.6 Å². The van der Waals surface area contributed by atoms with Gasteiger partial charge >= 0.3 is 0 Å². The molecule has 1 saturated heterocycles. The summed E-state index contributed by atoms with van der Waals surface area (Å²) in [4.78, 5) is 6.99. The molecule has 0 radical (unpaired) electrons. The van der Waals surface area contributed by atoms with Crippen LogP contribution in [0, 0.1) is 0 Å². The Morgan fingerprint density at radius 1 is 1.48 bits per heavy atom. The number of rotatable bonds is 5. The summed E-state index contributed by atoms with van der Waals surface area (Å²) in [5.74, 6) is 0.927. The van der Waals surface area contributed by atoms with Gasteiger partial charge in [-0.2, -0.15) is 0 Å². The van der Waals surface area contributed by atoms with Gasteiger partial charge in [0, 0.05) is 19.3 Å². The average molecular weight is 310 g/mol. The van der Waals surface area contributed by atoms with Crippen molar-refractivity contribution in [3.8, 4) is 0 Å². The van der Waals surface area contributed by atoms with E-state index in [1.165, 1.54) is 12.8 Å². The lowest BCUT2D eigenvalue weighted by Gasteiger charge is -2.38. The van der Waals surface area contributed by atoms with Crippen molar-refractivity contribution in [2.45, 2.75) is 51.3 Å². The Balaban J connectivity index is 1.72. The second kappa shape index (κ2) is 6.95. The van der Waals surface area contributed by atoms with Crippen molar-refractivity contribution in [3.05, 3.63) is 22.8 Å². The summed E-state index contributed by atoms with van der Waals surface area (Å²) in [6.07, 6.45) is 7.03. The summed E-state index contributed by atoms with van der Waals surface area (Å²) in [6.45, 7) is 5.68. The molecule has 4 nitrogen and oxygen atoms in total. The van der Waals surface area contributed by atoms with Crippen LogP contribution < -0.4 is 10.2 Å². The molecule has 2 unspecified atom stereocenters. The first kappa shape index (κ1) is 15.1. The van der Waals surface area contributed by atoms with Gasteiger partial charge in [0.2, 0.25) is 0 Å². The van der Waals surface area contributed by atoms with E-state index in [1.54, 1.807) is 0 Å². The maximum atomic E-state index is 6.49. The van der Waals surface area contributed by atoms with Gasteiger partial charge in [-0.15, -0.1) is 0 Å². The first-order valence-electron chi connectivity index (χ1n) is 8.03. The second-order valence-electron chi connectivity index (χ2n) is 5.93. The Labute approximate surface area is 131 Å². The summed E-state index contributed by atoms with van der Waals surface area (Å²) >= 11 is 6.49. The zero-order valence-electron chi connectivity index (χ0n) is 12.6. The third-order valence-electron chi connectivity index (χ3n) is 4.39. The van der Waals surface area contributed by atoms with Crippen LogP contribution >= 0.6 is 11.6 Å². The molecule has 1 aromatic heterocycles. The highest BCUT2D eigenvalue weighted by atomic mass is 35.5. The predicted octanol–water partition coefficient (Wildman–Crippen LogP) is 2.99. The topological polar surface area (TPSA) is 37.4 Å². The van der Waals surface area contributed by atoms with Gasteiger partial charge in [-0.25, -0.2) is 4.98 Å². The lowest BCUT2D eigenvalue weighted by Crippen LogP contribution is -2.49. The monoisotopic (exact) mass is 309 g/mol. The van der Waals surface area contributed by atoms with E-state index in [2.05, 4.69) is 22.1 Å². The number of ether oxygens (including phenoxy) is 1. The van der Waals surface area contributed by atoms with Gasteiger partial charge in [0.15, 0.2) is 0 Å². The minimum absolute atomic E-state index is 0.363. The molecule has 1 aliphatic heterocycles. The molecule has 2 fully saturated rings. The van der Waals surface area contributed by atoms with Crippen molar-refractivity contribution in [1.29, 1.82) is 0 Å². The molecule has 116 valence electrons. The maximum Gasteiger partial charge on any atom is 0.147 e. The molecule has 3 rings (SSSR count). The van der Waals surface area contributed by atoms with Crippen LogP contribution in [0.2, 0.25) is 5.02 Å². The number of anilines is 1. The second-order valence-corrected chi connectivity index (χ2v) is 6.33. The molecule has 1 N–H and O–H groups in total. The molecule has 0 spiro atoms. The van der Waals surface area contributed by atoms with Gasteiger partial charge in [-0.05, 0) is 43.9 Å². The van der Waals surface area contributed by atoms with Crippen LogP contribution in [0.1, 0.15) is 38.2 Å². The van der Waals surface area contributed by atoms with E-state index in [0.29, 0.717) is 12.1 Å². The van der Waals surface area contributed by atoms with Crippen molar-refractivity contribution < 1.29 is 4.74 Å². The Morgan fingerprint density at radius 2 is 2.38 bits per heavy atom. The van der Waals surface area contributed by atoms with Crippen LogP contribution in [0.25, 0.3) is 0 Å². The van der Waals surface area contributed by atoms with Crippen LogP contribution in [-0.4, -0.2) is 36.8 Å². The predicted molar refractivity (Wildman–Crippen MR) is 86.0 cm³/mol. The van der Waals surface area contributed by atoms with Gasteiger partial charge in [0.05, 0.1) is 23.8 Å². The molecule has 2 heterocycles. The number of morpholine rings is 1. The van der Waals surface area contributed by atoms with Gasteiger partial charge < -0.3 is 15.0 Å². The lowest BCUT2D eigenvalue weighted by molar-refractivity contribution is 0.0253. The fourth-order valence-corrected chi connectivity index (χ4v) is 3.67. The minimum Gasteiger partial charge on any atom is -0.374 e. The van der Waals surface area contributed by atoms with E-state index in [9.17, 15) is 0 Å². The summed E-state index contributed by atoms with van der Waals surface area (Å²) in [7, 11) is 0. The van der Waals surface area contributed by atoms with E-state index in [4.69, 9.17) is 16.3 Å². The summed E-state index contributed by atoms with van der Waals surface area (Å²) in [5.41, 5.74) is 1.15. The zero-order valence-corrected chi connectivity index (χ0v) is 13.4. The van der Waals surface area contributed by atoms with Crippen LogP contribution in [0.4, 0.5) is 5.82 Å². The quantitative estimate of drug-likeness (QED) is 0.849. The molecule has 1 aliphatic carbocycles. The number of pyridine rings is 1. The third-order valence-corrected chi connectivity index (χ3v) is 4.67. The first-order chi connectivity index (χ1) is 10.3. The van der Waals surface area contributed by atoms with Crippen molar-refractivity contribution in [2.24, 2.45) is 0 Å². The summed E-state index contributed by atoms with van der Waals surface area (Å²) < 4.78 is 5.86. The number of nitrogens with one attached hydrogen (secondary N) is 1. The molecule has 1 saturated carbocycles. The Hall–Kier alpha value is -0.840. The molecule has 1 aromatic rings. The lowest BCUT2D eigenvalue weighted by atomic mass is 10.1. The van der Waals surface area contributed by atoms with E-state index in [1.807, 2.05) is 12.3 Å². The van der Waals surface area contributed by atoms with E-state index >= 15 is 0 Å². The standard InChI is InChI=1S/C16H24ClN3O/c1-2-6-18-10-12-9-13(17)16(19-11-12)20-7-8-21-15-5-3-4-14(15)20/h9,11,14-15,18H,2-8,10H2,1H3. The number of hydrogen-bond acceptors (Lipinski definition) is 4. The van der Waals surface area contributed by atoms with E-state index in [-0.39, 0.29) is 0 Å².